The number of aromatic amines is 1. The molecule has 0 unspecified atom stereocenters. The summed E-state index contributed by atoms with van der Waals surface area (Å²) in [7, 11) is -3.80. The lowest BCUT2D eigenvalue weighted by Gasteiger charge is -2.31. The van der Waals surface area contributed by atoms with Crippen LogP contribution in [0, 0.1) is 12.8 Å². The molecule has 3 heterocycles. The maximum absolute atomic E-state index is 13.3. The summed E-state index contributed by atoms with van der Waals surface area (Å²) in [6.45, 7) is 4.34. The normalized spacial score (nSPS) is 20.0. The number of aromatic nitrogens is 1. The van der Waals surface area contributed by atoms with Crippen LogP contribution in [0.15, 0.2) is 41.4 Å². The summed E-state index contributed by atoms with van der Waals surface area (Å²) in [4.78, 5) is 30.3. The summed E-state index contributed by atoms with van der Waals surface area (Å²) in [5.41, 5.74) is 2.46. The highest BCUT2D eigenvalue weighted by molar-refractivity contribution is 7.89. The number of piperidine rings is 1. The summed E-state index contributed by atoms with van der Waals surface area (Å²) in [5.74, 6) is -0.687. The molecule has 0 spiro atoms. The lowest BCUT2D eigenvalue weighted by molar-refractivity contribution is -0.126. The maximum Gasteiger partial charge on any atom is 0.270 e. The van der Waals surface area contributed by atoms with Crippen LogP contribution >= 0.6 is 0 Å². The summed E-state index contributed by atoms with van der Waals surface area (Å²) in [6.07, 6.45) is 6.83. The molecular weight excluding hydrogens is 452 g/mol. The zero-order chi connectivity index (χ0) is 24.1. The van der Waals surface area contributed by atoms with Crippen molar-refractivity contribution in [2.24, 2.45) is 5.92 Å². The zero-order valence-corrected chi connectivity index (χ0v) is 20.6. The van der Waals surface area contributed by atoms with Crippen molar-refractivity contribution >= 4 is 21.8 Å². The van der Waals surface area contributed by atoms with E-state index in [-0.39, 0.29) is 23.3 Å². The number of likely N-dealkylation sites (tertiary alicyclic amines) is 1. The van der Waals surface area contributed by atoms with Crippen molar-refractivity contribution in [1.82, 2.24) is 19.5 Å². The van der Waals surface area contributed by atoms with Crippen LogP contribution in [0.2, 0.25) is 0 Å². The summed E-state index contributed by atoms with van der Waals surface area (Å²) in [5, 5.41) is 2.94. The van der Waals surface area contributed by atoms with Gasteiger partial charge < -0.3 is 15.2 Å². The molecule has 2 saturated heterocycles. The number of H-pyrrole nitrogens is 1. The number of carbonyl (C=O) groups is 2. The van der Waals surface area contributed by atoms with Gasteiger partial charge in [0.05, 0.1) is 5.92 Å². The van der Waals surface area contributed by atoms with Crippen molar-refractivity contribution < 1.29 is 18.0 Å². The molecule has 1 atom stereocenters. The van der Waals surface area contributed by atoms with Gasteiger partial charge in [-0.3, -0.25) is 9.59 Å². The number of sulfonamides is 1. The second-order valence-electron chi connectivity index (χ2n) is 9.36. The van der Waals surface area contributed by atoms with Crippen LogP contribution in [0.25, 0.3) is 0 Å². The predicted octanol–water partition coefficient (Wildman–Crippen LogP) is 3.06. The van der Waals surface area contributed by atoms with Gasteiger partial charge in [-0.1, -0.05) is 42.7 Å². The molecule has 2 amide bonds. The molecule has 2 aromatic rings. The number of nitrogens with one attached hydrogen (secondary N) is 2. The lowest BCUT2D eigenvalue weighted by atomic mass is 9.98. The molecule has 8 nitrogen and oxygen atoms in total. The minimum absolute atomic E-state index is 0.0754. The molecule has 2 N–H and O–H groups in total. The van der Waals surface area contributed by atoms with Gasteiger partial charge in [0.25, 0.3) is 5.91 Å². The quantitative estimate of drug-likeness (QED) is 0.655. The molecule has 2 fully saturated rings. The van der Waals surface area contributed by atoms with Crippen molar-refractivity contribution in [2.75, 3.05) is 26.2 Å². The number of aryl methyl sites for hydroxylation is 1. The maximum atomic E-state index is 13.3. The Morgan fingerprint density at radius 3 is 2.44 bits per heavy atom. The van der Waals surface area contributed by atoms with E-state index in [4.69, 9.17) is 0 Å². The van der Waals surface area contributed by atoms with Crippen LogP contribution in [0.4, 0.5) is 0 Å². The van der Waals surface area contributed by atoms with Crippen LogP contribution in [-0.2, 0) is 21.4 Å². The van der Waals surface area contributed by atoms with E-state index >= 15 is 0 Å². The van der Waals surface area contributed by atoms with Gasteiger partial charge in [0.1, 0.15) is 10.6 Å². The Morgan fingerprint density at radius 1 is 1.03 bits per heavy atom. The number of rotatable bonds is 6. The molecule has 1 aromatic heterocycles. The first kappa shape index (κ1) is 24.5. The highest BCUT2D eigenvalue weighted by Crippen LogP contribution is 2.25. The van der Waals surface area contributed by atoms with Crippen LogP contribution in [-0.4, -0.2) is 60.6 Å². The van der Waals surface area contributed by atoms with Gasteiger partial charge in [-0.15, -0.1) is 0 Å². The van der Waals surface area contributed by atoms with Crippen molar-refractivity contribution in [3.05, 3.63) is 53.3 Å². The number of hydrogen-bond acceptors (Lipinski definition) is 4. The van der Waals surface area contributed by atoms with Gasteiger partial charge in [-0.25, -0.2) is 8.42 Å². The number of nitrogens with zero attached hydrogens (tertiary/aromatic N) is 2. The molecule has 0 bridgehead atoms. The average molecular weight is 487 g/mol. The molecule has 4 rings (SSSR count). The summed E-state index contributed by atoms with van der Waals surface area (Å²) in [6, 6.07) is 9.38. The van der Waals surface area contributed by atoms with E-state index in [0.29, 0.717) is 44.7 Å². The fourth-order valence-corrected chi connectivity index (χ4v) is 6.17. The largest absolute Gasteiger partial charge is 0.356 e. The standard InChI is InChI=1S/C25H34N4O4S/c1-19-8-10-20(11-9-19)16-27-24(30)21-7-6-14-29(18-21)34(32,33)22-15-23(26-17-22)25(31)28-12-4-2-3-5-13-28/h8-11,15,17,21,26H,2-7,12-14,16,18H2,1H3,(H,27,30)/t21-/m1/s1. The Labute approximate surface area is 201 Å². The van der Waals surface area contributed by atoms with Crippen LogP contribution in [0.1, 0.15) is 60.1 Å². The molecule has 1 aromatic carbocycles. The van der Waals surface area contributed by atoms with Crippen LogP contribution in [0.5, 0.6) is 0 Å². The Bertz CT molecular complexity index is 1100. The van der Waals surface area contributed by atoms with E-state index in [1.165, 1.54) is 16.6 Å². The average Bonchev–Trinajstić information content (AvgIpc) is 3.20. The topological polar surface area (TPSA) is 103 Å². The number of amides is 2. The van der Waals surface area contributed by atoms with Gasteiger partial charge in [-0.2, -0.15) is 4.31 Å². The first-order chi connectivity index (χ1) is 16.3. The second-order valence-corrected chi connectivity index (χ2v) is 11.3. The van der Waals surface area contributed by atoms with Gasteiger partial charge >= 0.3 is 0 Å². The summed E-state index contributed by atoms with van der Waals surface area (Å²) < 4.78 is 27.9. The van der Waals surface area contributed by atoms with Gasteiger partial charge in [0.15, 0.2) is 0 Å². The SMILES string of the molecule is Cc1ccc(CNC(=O)[C@@H]2CCCN(S(=O)(=O)c3c[nH]c(C(=O)N4CCCCCC4)c3)C2)cc1. The first-order valence-electron chi connectivity index (χ1n) is 12.2. The van der Waals surface area contributed by atoms with Crippen molar-refractivity contribution in [3.63, 3.8) is 0 Å². The third kappa shape index (κ3) is 5.70. The fourth-order valence-electron chi connectivity index (χ4n) is 4.65. The van der Waals surface area contributed by atoms with Crippen LogP contribution in [0.3, 0.4) is 0 Å². The van der Waals surface area contributed by atoms with Crippen molar-refractivity contribution in [1.29, 1.82) is 0 Å². The van der Waals surface area contributed by atoms with E-state index in [0.717, 1.165) is 36.8 Å². The third-order valence-electron chi connectivity index (χ3n) is 6.76. The van der Waals surface area contributed by atoms with Crippen LogP contribution < -0.4 is 5.32 Å². The minimum atomic E-state index is -3.80. The van der Waals surface area contributed by atoms with Gasteiger partial charge in [0, 0.05) is 38.9 Å². The smallest absolute Gasteiger partial charge is 0.270 e. The minimum Gasteiger partial charge on any atom is -0.356 e. The molecule has 2 aliphatic heterocycles. The molecular formula is C25H34N4O4S. The Balaban J connectivity index is 1.38. The van der Waals surface area contributed by atoms with Crippen molar-refractivity contribution in [3.8, 4) is 0 Å². The lowest BCUT2D eigenvalue weighted by Crippen LogP contribution is -2.45. The third-order valence-corrected chi connectivity index (χ3v) is 8.60. The first-order valence-corrected chi connectivity index (χ1v) is 13.6. The fraction of sp³-hybridized carbons (Fsp3) is 0.520. The number of benzene rings is 1. The van der Waals surface area contributed by atoms with E-state index in [9.17, 15) is 18.0 Å². The zero-order valence-electron chi connectivity index (χ0n) is 19.8. The van der Waals surface area contributed by atoms with E-state index < -0.39 is 15.9 Å². The molecule has 0 saturated carbocycles. The molecule has 2 aliphatic rings. The van der Waals surface area contributed by atoms with E-state index in [1.54, 1.807) is 4.90 Å². The Morgan fingerprint density at radius 2 is 1.74 bits per heavy atom. The van der Waals surface area contributed by atoms with Gasteiger partial charge in [0.2, 0.25) is 15.9 Å². The van der Waals surface area contributed by atoms with E-state index in [2.05, 4.69) is 10.3 Å². The highest BCUT2D eigenvalue weighted by atomic mass is 32.2. The highest BCUT2D eigenvalue weighted by Gasteiger charge is 2.34. The number of hydrogen-bond donors (Lipinski definition) is 2. The number of carbonyl (C=O) groups excluding carboxylic acids is 2. The monoisotopic (exact) mass is 486 g/mol. The molecule has 34 heavy (non-hydrogen) atoms. The van der Waals surface area contributed by atoms with E-state index in [1.807, 2.05) is 31.2 Å². The predicted molar refractivity (Wildman–Crippen MR) is 130 cm³/mol. The van der Waals surface area contributed by atoms with Crippen molar-refractivity contribution in [2.45, 2.75) is 56.9 Å². The Hall–Kier alpha value is -2.65. The molecule has 0 radical (unpaired) electrons. The molecule has 184 valence electrons. The Kier molecular flexibility index (Phi) is 7.73. The molecule has 0 aliphatic carbocycles. The molecule has 9 heteroatoms. The van der Waals surface area contributed by atoms with Gasteiger partial charge in [-0.05, 0) is 44.2 Å². The summed E-state index contributed by atoms with van der Waals surface area (Å²) >= 11 is 0. The second kappa shape index (κ2) is 10.7.